The molecule has 19 heavy (non-hydrogen) atoms. The van der Waals surface area contributed by atoms with Crippen molar-refractivity contribution in [1.29, 1.82) is 0 Å². The Morgan fingerprint density at radius 1 is 1.32 bits per heavy atom. The predicted molar refractivity (Wildman–Crippen MR) is 74.2 cm³/mol. The van der Waals surface area contributed by atoms with E-state index in [1.54, 1.807) is 24.4 Å². The van der Waals surface area contributed by atoms with Gasteiger partial charge >= 0.3 is 0 Å². The van der Waals surface area contributed by atoms with Crippen LogP contribution in [0.5, 0.6) is 0 Å². The van der Waals surface area contributed by atoms with Crippen molar-refractivity contribution in [2.24, 2.45) is 0 Å². The van der Waals surface area contributed by atoms with Crippen LogP contribution in [0.3, 0.4) is 0 Å². The Hall–Kier alpha value is -1.92. The van der Waals surface area contributed by atoms with Gasteiger partial charge in [0.05, 0.1) is 9.82 Å². The number of nitro benzene ring substituents is 1. The summed E-state index contributed by atoms with van der Waals surface area (Å²) < 4.78 is 0. The van der Waals surface area contributed by atoms with E-state index < -0.39 is 0 Å². The lowest BCUT2D eigenvalue weighted by molar-refractivity contribution is -0.387. The number of nitrogens with zero attached hydrogens (tertiary/aromatic N) is 2. The number of para-hydroxylation sites is 1. The zero-order valence-corrected chi connectivity index (χ0v) is 11.2. The number of hydrogen-bond donors (Lipinski definition) is 1. The van der Waals surface area contributed by atoms with Gasteiger partial charge in [-0.25, -0.2) is 4.98 Å². The van der Waals surface area contributed by atoms with Gasteiger partial charge in [0.25, 0.3) is 5.69 Å². The summed E-state index contributed by atoms with van der Waals surface area (Å²) in [6.45, 7) is 0.753. The number of hydrogen-bond acceptors (Lipinski definition) is 5. The van der Waals surface area contributed by atoms with Gasteiger partial charge in [-0.15, -0.1) is 0 Å². The number of aromatic nitrogens is 1. The molecule has 0 radical (unpaired) electrons. The summed E-state index contributed by atoms with van der Waals surface area (Å²) in [7, 11) is 1.87. The van der Waals surface area contributed by atoms with Crippen molar-refractivity contribution in [1.82, 2.24) is 10.3 Å². The Bertz CT molecular complexity index is 572. The lowest BCUT2D eigenvalue weighted by Gasteiger charge is -2.03. The van der Waals surface area contributed by atoms with E-state index in [2.05, 4.69) is 10.3 Å². The predicted octanol–water partition coefficient (Wildman–Crippen LogP) is 2.86. The van der Waals surface area contributed by atoms with Crippen LogP contribution in [0.4, 0.5) is 5.69 Å². The van der Waals surface area contributed by atoms with Crippen molar-refractivity contribution in [3.05, 3.63) is 58.3 Å². The van der Waals surface area contributed by atoms with Gasteiger partial charge in [0.1, 0.15) is 5.03 Å². The van der Waals surface area contributed by atoms with E-state index in [0.29, 0.717) is 4.90 Å². The molecular weight excluding hydrogens is 262 g/mol. The van der Waals surface area contributed by atoms with Gasteiger partial charge < -0.3 is 5.32 Å². The molecule has 2 rings (SSSR count). The van der Waals surface area contributed by atoms with Crippen LogP contribution in [0.2, 0.25) is 0 Å². The third-order valence-corrected chi connectivity index (χ3v) is 3.47. The fourth-order valence-electron chi connectivity index (χ4n) is 1.59. The maximum Gasteiger partial charge on any atom is 0.283 e. The molecule has 0 atom stereocenters. The van der Waals surface area contributed by atoms with Gasteiger partial charge in [0.2, 0.25) is 0 Å². The van der Waals surface area contributed by atoms with Crippen LogP contribution in [0.25, 0.3) is 0 Å². The van der Waals surface area contributed by atoms with Gasteiger partial charge in [0, 0.05) is 18.8 Å². The summed E-state index contributed by atoms with van der Waals surface area (Å²) in [6, 6.07) is 10.5. The molecule has 1 heterocycles. The standard InChI is InChI=1S/C13H13N3O2S/c1-14-8-10-6-7-13(15-9-10)19-12-5-3-2-4-11(12)16(17)18/h2-7,9,14H,8H2,1H3. The first-order chi connectivity index (χ1) is 9.20. The highest BCUT2D eigenvalue weighted by Gasteiger charge is 2.13. The molecule has 0 unspecified atom stereocenters. The summed E-state index contributed by atoms with van der Waals surface area (Å²) in [5, 5.41) is 14.7. The summed E-state index contributed by atoms with van der Waals surface area (Å²) in [6.07, 6.45) is 1.77. The number of nitro groups is 1. The van der Waals surface area contributed by atoms with Crippen molar-refractivity contribution in [2.45, 2.75) is 16.5 Å². The molecule has 0 fully saturated rings. The fourth-order valence-corrected chi connectivity index (χ4v) is 2.45. The smallest absolute Gasteiger partial charge is 0.283 e. The fraction of sp³-hybridized carbons (Fsp3) is 0.154. The normalized spacial score (nSPS) is 10.4. The molecule has 1 aromatic heterocycles. The zero-order valence-electron chi connectivity index (χ0n) is 10.4. The monoisotopic (exact) mass is 275 g/mol. The highest BCUT2D eigenvalue weighted by Crippen LogP contribution is 2.33. The Labute approximate surface area is 115 Å². The third-order valence-electron chi connectivity index (χ3n) is 2.45. The minimum absolute atomic E-state index is 0.105. The van der Waals surface area contributed by atoms with Crippen molar-refractivity contribution >= 4 is 17.4 Å². The number of rotatable bonds is 5. The van der Waals surface area contributed by atoms with Crippen molar-refractivity contribution in [2.75, 3.05) is 7.05 Å². The summed E-state index contributed by atoms with van der Waals surface area (Å²) in [5.41, 5.74) is 1.18. The second-order valence-electron chi connectivity index (χ2n) is 3.86. The molecule has 5 nitrogen and oxygen atoms in total. The quantitative estimate of drug-likeness (QED) is 0.671. The van der Waals surface area contributed by atoms with E-state index >= 15 is 0 Å². The number of benzene rings is 1. The Morgan fingerprint density at radius 3 is 2.74 bits per heavy atom. The Balaban J connectivity index is 2.19. The SMILES string of the molecule is CNCc1ccc(Sc2ccccc2[N+](=O)[O-])nc1. The molecule has 0 aliphatic carbocycles. The molecule has 6 heteroatoms. The molecule has 0 aliphatic rings. The third kappa shape index (κ3) is 3.52. The zero-order chi connectivity index (χ0) is 13.7. The minimum Gasteiger partial charge on any atom is -0.316 e. The van der Waals surface area contributed by atoms with Crippen LogP contribution in [0.15, 0.2) is 52.5 Å². The van der Waals surface area contributed by atoms with Gasteiger partial charge in [-0.05, 0) is 24.7 Å². The average molecular weight is 275 g/mol. The van der Waals surface area contributed by atoms with Crippen LogP contribution in [0.1, 0.15) is 5.56 Å². The average Bonchev–Trinajstić information content (AvgIpc) is 2.42. The molecule has 98 valence electrons. The lowest BCUT2D eigenvalue weighted by atomic mass is 10.3. The molecule has 1 N–H and O–H groups in total. The highest BCUT2D eigenvalue weighted by atomic mass is 32.2. The molecule has 0 amide bonds. The molecule has 0 saturated heterocycles. The second kappa shape index (κ2) is 6.31. The first-order valence-electron chi connectivity index (χ1n) is 5.71. The highest BCUT2D eigenvalue weighted by molar-refractivity contribution is 7.99. The van der Waals surface area contributed by atoms with E-state index in [1.165, 1.54) is 17.8 Å². The Morgan fingerprint density at radius 2 is 2.11 bits per heavy atom. The van der Waals surface area contributed by atoms with E-state index in [0.717, 1.165) is 17.1 Å². The second-order valence-corrected chi connectivity index (χ2v) is 4.92. The lowest BCUT2D eigenvalue weighted by Crippen LogP contribution is -2.05. The van der Waals surface area contributed by atoms with Gasteiger partial charge in [-0.2, -0.15) is 0 Å². The summed E-state index contributed by atoms with van der Waals surface area (Å²) in [5.74, 6) is 0. The Kier molecular flexibility index (Phi) is 4.48. The molecule has 2 aromatic rings. The van der Waals surface area contributed by atoms with E-state index in [4.69, 9.17) is 0 Å². The first-order valence-corrected chi connectivity index (χ1v) is 6.53. The maximum atomic E-state index is 10.9. The molecule has 0 spiro atoms. The van der Waals surface area contributed by atoms with Crippen LogP contribution >= 0.6 is 11.8 Å². The van der Waals surface area contributed by atoms with Crippen LogP contribution in [0, 0.1) is 10.1 Å². The molecular formula is C13H13N3O2S. The van der Waals surface area contributed by atoms with Crippen molar-refractivity contribution in [3.8, 4) is 0 Å². The van der Waals surface area contributed by atoms with E-state index in [1.807, 2.05) is 19.2 Å². The summed E-state index contributed by atoms with van der Waals surface area (Å²) >= 11 is 1.30. The minimum atomic E-state index is -0.377. The molecule has 0 bridgehead atoms. The largest absolute Gasteiger partial charge is 0.316 e. The van der Waals surface area contributed by atoms with E-state index in [9.17, 15) is 10.1 Å². The van der Waals surface area contributed by atoms with E-state index in [-0.39, 0.29) is 10.6 Å². The van der Waals surface area contributed by atoms with Crippen molar-refractivity contribution < 1.29 is 4.92 Å². The van der Waals surface area contributed by atoms with Crippen LogP contribution in [-0.2, 0) is 6.54 Å². The van der Waals surface area contributed by atoms with Gasteiger partial charge in [0.15, 0.2) is 0 Å². The van der Waals surface area contributed by atoms with Crippen LogP contribution < -0.4 is 5.32 Å². The van der Waals surface area contributed by atoms with Crippen molar-refractivity contribution in [3.63, 3.8) is 0 Å². The molecule has 0 aliphatic heterocycles. The van der Waals surface area contributed by atoms with Crippen LogP contribution in [-0.4, -0.2) is 17.0 Å². The maximum absolute atomic E-state index is 10.9. The molecule has 1 aromatic carbocycles. The topological polar surface area (TPSA) is 68.1 Å². The summed E-state index contributed by atoms with van der Waals surface area (Å²) in [4.78, 5) is 15.4. The molecule has 0 saturated carbocycles. The van der Waals surface area contributed by atoms with Gasteiger partial charge in [-0.3, -0.25) is 10.1 Å². The number of pyridine rings is 1. The van der Waals surface area contributed by atoms with Gasteiger partial charge in [-0.1, -0.05) is 30.0 Å². The first kappa shape index (κ1) is 13.5. The number of nitrogens with one attached hydrogen (secondary N) is 1.